The van der Waals surface area contributed by atoms with Crippen LogP contribution in [0.5, 0.6) is 0 Å². The maximum atomic E-state index is 12.4. The topological polar surface area (TPSA) is 32.3 Å². The Kier molecular flexibility index (Phi) is 3.48. The SMILES string of the molecule is CCC(C)C1NC(C)N(CC2(CC)CC2)C1=O. The zero-order valence-corrected chi connectivity index (χ0v) is 11.6. The summed E-state index contributed by atoms with van der Waals surface area (Å²) in [4.78, 5) is 14.5. The fourth-order valence-electron chi connectivity index (χ4n) is 2.81. The Balaban J connectivity index is 2.01. The number of carbonyl (C=O) groups is 1. The van der Waals surface area contributed by atoms with Gasteiger partial charge in [0.1, 0.15) is 0 Å². The van der Waals surface area contributed by atoms with Crippen molar-refractivity contribution in [2.75, 3.05) is 6.54 Å². The highest BCUT2D eigenvalue weighted by Crippen LogP contribution is 2.49. The lowest BCUT2D eigenvalue weighted by Crippen LogP contribution is -2.39. The Labute approximate surface area is 105 Å². The van der Waals surface area contributed by atoms with Gasteiger partial charge in [0, 0.05) is 6.54 Å². The second-order valence-electron chi connectivity index (χ2n) is 6.03. The monoisotopic (exact) mass is 238 g/mol. The molecular formula is C14H26N2O. The lowest BCUT2D eigenvalue weighted by molar-refractivity contribution is -0.131. The molecule has 0 bridgehead atoms. The van der Waals surface area contributed by atoms with Crippen molar-refractivity contribution in [2.45, 2.75) is 65.6 Å². The van der Waals surface area contributed by atoms with E-state index in [0.717, 1.165) is 13.0 Å². The molecular weight excluding hydrogens is 212 g/mol. The van der Waals surface area contributed by atoms with E-state index >= 15 is 0 Å². The van der Waals surface area contributed by atoms with Gasteiger partial charge in [-0.05, 0) is 37.5 Å². The summed E-state index contributed by atoms with van der Waals surface area (Å²) in [7, 11) is 0. The zero-order chi connectivity index (χ0) is 12.6. The summed E-state index contributed by atoms with van der Waals surface area (Å²) in [6.45, 7) is 9.65. The van der Waals surface area contributed by atoms with E-state index in [0.29, 0.717) is 17.2 Å². The third-order valence-electron chi connectivity index (χ3n) is 4.86. The van der Waals surface area contributed by atoms with Crippen LogP contribution in [0.2, 0.25) is 0 Å². The molecule has 3 heteroatoms. The van der Waals surface area contributed by atoms with Crippen LogP contribution in [0.15, 0.2) is 0 Å². The van der Waals surface area contributed by atoms with Gasteiger partial charge in [0.05, 0.1) is 12.2 Å². The number of amides is 1. The number of hydrogen-bond donors (Lipinski definition) is 1. The number of carbonyl (C=O) groups excluding carboxylic acids is 1. The highest BCUT2D eigenvalue weighted by atomic mass is 16.2. The van der Waals surface area contributed by atoms with Gasteiger partial charge in [-0.15, -0.1) is 0 Å². The van der Waals surface area contributed by atoms with Gasteiger partial charge in [-0.25, -0.2) is 0 Å². The molecule has 0 spiro atoms. The van der Waals surface area contributed by atoms with Crippen LogP contribution in [0.4, 0.5) is 0 Å². The highest BCUT2D eigenvalue weighted by molar-refractivity contribution is 5.84. The van der Waals surface area contributed by atoms with Gasteiger partial charge in [-0.1, -0.05) is 27.2 Å². The second kappa shape index (κ2) is 4.60. The molecule has 0 aromatic rings. The fourth-order valence-corrected chi connectivity index (χ4v) is 2.81. The second-order valence-corrected chi connectivity index (χ2v) is 6.03. The summed E-state index contributed by atoms with van der Waals surface area (Å²) >= 11 is 0. The minimum Gasteiger partial charge on any atom is -0.326 e. The first-order valence-corrected chi connectivity index (χ1v) is 7.09. The molecule has 0 aromatic carbocycles. The van der Waals surface area contributed by atoms with E-state index in [4.69, 9.17) is 0 Å². The van der Waals surface area contributed by atoms with Crippen molar-refractivity contribution in [1.29, 1.82) is 0 Å². The summed E-state index contributed by atoms with van der Waals surface area (Å²) in [5.74, 6) is 0.762. The van der Waals surface area contributed by atoms with E-state index in [2.05, 4.69) is 37.9 Å². The molecule has 2 fully saturated rings. The fraction of sp³-hybridized carbons (Fsp3) is 0.929. The molecule has 17 heavy (non-hydrogen) atoms. The Bertz CT molecular complexity index is 299. The number of nitrogens with zero attached hydrogens (tertiary/aromatic N) is 1. The average Bonchev–Trinajstić information content (AvgIpc) is 3.06. The van der Waals surface area contributed by atoms with Crippen LogP contribution in [-0.4, -0.2) is 29.6 Å². The van der Waals surface area contributed by atoms with Crippen molar-refractivity contribution in [3.63, 3.8) is 0 Å². The van der Waals surface area contributed by atoms with E-state index in [1.54, 1.807) is 0 Å². The molecule has 1 amide bonds. The molecule has 0 aromatic heterocycles. The average molecular weight is 238 g/mol. The zero-order valence-electron chi connectivity index (χ0n) is 11.6. The van der Waals surface area contributed by atoms with E-state index in [-0.39, 0.29) is 12.2 Å². The van der Waals surface area contributed by atoms with Gasteiger partial charge in [-0.3, -0.25) is 10.1 Å². The molecule has 0 radical (unpaired) electrons. The number of rotatable bonds is 5. The van der Waals surface area contributed by atoms with Gasteiger partial charge in [0.15, 0.2) is 0 Å². The van der Waals surface area contributed by atoms with Crippen molar-refractivity contribution in [1.82, 2.24) is 10.2 Å². The van der Waals surface area contributed by atoms with Gasteiger partial charge in [0.25, 0.3) is 0 Å². The summed E-state index contributed by atoms with van der Waals surface area (Å²) < 4.78 is 0. The van der Waals surface area contributed by atoms with Crippen LogP contribution in [0.25, 0.3) is 0 Å². The molecule has 1 saturated heterocycles. The first-order valence-electron chi connectivity index (χ1n) is 7.09. The molecule has 1 N–H and O–H groups in total. The maximum Gasteiger partial charge on any atom is 0.241 e. The molecule has 3 atom stereocenters. The molecule has 2 rings (SSSR count). The largest absolute Gasteiger partial charge is 0.326 e. The van der Waals surface area contributed by atoms with E-state index in [9.17, 15) is 4.79 Å². The van der Waals surface area contributed by atoms with Crippen LogP contribution in [-0.2, 0) is 4.79 Å². The van der Waals surface area contributed by atoms with Gasteiger partial charge < -0.3 is 4.90 Å². The predicted octanol–water partition coefficient (Wildman–Crippen LogP) is 2.37. The minimum atomic E-state index is 0.0441. The highest BCUT2D eigenvalue weighted by Gasteiger charge is 2.47. The van der Waals surface area contributed by atoms with Crippen molar-refractivity contribution < 1.29 is 4.79 Å². The summed E-state index contributed by atoms with van der Waals surface area (Å²) in [5, 5.41) is 3.46. The van der Waals surface area contributed by atoms with Crippen molar-refractivity contribution in [3.05, 3.63) is 0 Å². The van der Waals surface area contributed by atoms with E-state index in [1.165, 1.54) is 19.3 Å². The number of hydrogen-bond acceptors (Lipinski definition) is 2. The lowest BCUT2D eigenvalue weighted by Gasteiger charge is -2.26. The van der Waals surface area contributed by atoms with Crippen LogP contribution in [0.3, 0.4) is 0 Å². The van der Waals surface area contributed by atoms with Crippen LogP contribution < -0.4 is 5.32 Å². The Hall–Kier alpha value is -0.570. The summed E-state index contributed by atoms with van der Waals surface area (Å²) in [5.41, 5.74) is 0.454. The molecule has 1 saturated carbocycles. The molecule has 1 aliphatic heterocycles. The van der Waals surface area contributed by atoms with Crippen molar-refractivity contribution in [2.24, 2.45) is 11.3 Å². The first kappa shape index (κ1) is 12.9. The first-order chi connectivity index (χ1) is 8.03. The van der Waals surface area contributed by atoms with E-state index in [1.807, 2.05) is 0 Å². The Morgan fingerprint density at radius 2 is 2.12 bits per heavy atom. The van der Waals surface area contributed by atoms with Crippen LogP contribution in [0, 0.1) is 11.3 Å². The van der Waals surface area contributed by atoms with E-state index < -0.39 is 0 Å². The van der Waals surface area contributed by atoms with Crippen molar-refractivity contribution >= 4 is 5.91 Å². The smallest absolute Gasteiger partial charge is 0.241 e. The van der Waals surface area contributed by atoms with Crippen LogP contribution >= 0.6 is 0 Å². The summed E-state index contributed by atoms with van der Waals surface area (Å²) in [6.07, 6.45) is 5.08. The standard InChI is InChI=1S/C14H26N2O/c1-5-10(3)12-13(17)16(11(4)15-12)9-14(6-2)7-8-14/h10-12,15H,5-9H2,1-4H3. The Morgan fingerprint density at radius 1 is 1.47 bits per heavy atom. The van der Waals surface area contributed by atoms with Crippen LogP contribution in [0.1, 0.15) is 53.4 Å². The molecule has 3 nitrogen and oxygen atoms in total. The number of nitrogens with one attached hydrogen (secondary N) is 1. The van der Waals surface area contributed by atoms with Gasteiger partial charge in [-0.2, -0.15) is 0 Å². The normalized spacial score (nSPS) is 32.9. The van der Waals surface area contributed by atoms with Gasteiger partial charge in [0.2, 0.25) is 5.91 Å². The van der Waals surface area contributed by atoms with Crippen molar-refractivity contribution in [3.8, 4) is 0 Å². The summed E-state index contributed by atoms with van der Waals surface area (Å²) in [6, 6.07) is 0.0441. The molecule has 1 aliphatic carbocycles. The molecule has 1 heterocycles. The lowest BCUT2D eigenvalue weighted by atomic mass is 9.98. The third kappa shape index (κ3) is 2.35. The Morgan fingerprint density at radius 3 is 2.59 bits per heavy atom. The molecule has 3 unspecified atom stereocenters. The third-order valence-corrected chi connectivity index (χ3v) is 4.86. The molecule has 2 aliphatic rings. The molecule has 98 valence electrons. The maximum absolute atomic E-state index is 12.4. The minimum absolute atomic E-state index is 0.0441. The predicted molar refractivity (Wildman–Crippen MR) is 69.5 cm³/mol. The quantitative estimate of drug-likeness (QED) is 0.797. The van der Waals surface area contributed by atoms with Gasteiger partial charge >= 0.3 is 0 Å².